The fourth-order valence-corrected chi connectivity index (χ4v) is 10.1. The van der Waals surface area contributed by atoms with Gasteiger partial charge in [0.25, 0.3) is 11.8 Å². The zero-order valence-corrected chi connectivity index (χ0v) is 32.4. The van der Waals surface area contributed by atoms with Crippen molar-refractivity contribution in [3.63, 3.8) is 0 Å². The number of ketones is 1. The molecule has 6 rings (SSSR count). The largest absolute Gasteiger partial charge is 0.347 e. The first-order valence-electron chi connectivity index (χ1n) is 19.9. The van der Waals surface area contributed by atoms with Crippen molar-refractivity contribution >= 4 is 35.3 Å². The van der Waals surface area contributed by atoms with Gasteiger partial charge >= 0.3 is 0 Å². The average molecular weight is 734 g/mol. The Balaban J connectivity index is 1.26. The van der Waals surface area contributed by atoms with E-state index in [1.165, 1.54) is 18.6 Å². The molecule has 0 bridgehead atoms. The molecule has 2 heterocycles. The van der Waals surface area contributed by atoms with E-state index < -0.39 is 59.0 Å². The highest BCUT2D eigenvalue weighted by atomic mass is 16.2. The molecule has 5 fully saturated rings. The third-order valence-electron chi connectivity index (χ3n) is 13.6. The molecule has 4 aliphatic carbocycles. The number of fused-ring (bicyclic) bond motifs is 1. The quantitative estimate of drug-likeness (QED) is 0.222. The molecule has 2 spiro atoms. The SMILES string of the molecule is CCCC(NC(=O)[C@@H]1CC2(CN1C(=O)[C@@H](NC(=O)[C@@H](NC(=O)c1cnccn1)C1CCCCC1)C(C)(C)C)C(C)(C)C21CCC1)C(=O)C(=O)NC1CC1. The number of likely N-dealkylation sites (tertiary alicyclic amines) is 1. The maximum Gasteiger partial charge on any atom is 0.289 e. The van der Waals surface area contributed by atoms with Gasteiger partial charge in [-0.2, -0.15) is 0 Å². The van der Waals surface area contributed by atoms with E-state index in [2.05, 4.69) is 45.1 Å². The summed E-state index contributed by atoms with van der Waals surface area (Å²) in [5.41, 5.74) is -1.03. The van der Waals surface area contributed by atoms with E-state index in [1.54, 1.807) is 4.90 Å². The summed E-state index contributed by atoms with van der Waals surface area (Å²) in [6, 6.07) is -3.79. The molecule has 13 heteroatoms. The number of nitrogens with one attached hydrogen (secondary N) is 4. The van der Waals surface area contributed by atoms with Gasteiger partial charge < -0.3 is 26.2 Å². The fraction of sp³-hybridized carbons (Fsp3) is 0.750. The minimum absolute atomic E-state index is 0.00517. The van der Waals surface area contributed by atoms with Crippen LogP contribution in [0.5, 0.6) is 0 Å². The molecule has 1 saturated heterocycles. The third kappa shape index (κ3) is 7.21. The van der Waals surface area contributed by atoms with Gasteiger partial charge in [-0.3, -0.25) is 33.8 Å². The maximum atomic E-state index is 15.0. The van der Waals surface area contributed by atoms with Crippen molar-refractivity contribution in [3.8, 4) is 0 Å². The monoisotopic (exact) mass is 733 g/mol. The minimum Gasteiger partial charge on any atom is -0.347 e. The summed E-state index contributed by atoms with van der Waals surface area (Å²) in [7, 11) is 0. The number of aromatic nitrogens is 2. The van der Waals surface area contributed by atoms with E-state index in [0.717, 1.165) is 64.2 Å². The Morgan fingerprint density at radius 2 is 1.60 bits per heavy atom. The number of hydrogen-bond donors (Lipinski definition) is 4. The molecule has 4 saturated carbocycles. The first-order chi connectivity index (χ1) is 25.1. The molecule has 1 aromatic heterocycles. The van der Waals surface area contributed by atoms with Crippen molar-refractivity contribution in [2.24, 2.45) is 27.6 Å². The van der Waals surface area contributed by atoms with Gasteiger partial charge in [-0.05, 0) is 73.5 Å². The molecule has 5 amide bonds. The van der Waals surface area contributed by atoms with Crippen LogP contribution in [-0.4, -0.2) is 86.9 Å². The van der Waals surface area contributed by atoms with E-state index >= 15 is 4.79 Å². The Labute approximate surface area is 313 Å². The van der Waals surface area contributed by atoms with Crippen LogP contribution in [0.4, 0.5) is 0 Å². The molecule has 53 heavy (non-hydrogen) atoms. The Morgan fingerprint density at radius 3 is 2.15 bits per heavy atom. The van der Waals surface area contributed by atoms with E-state index in [4.69, 9.17) is 0 Å². The molecule has 1 aromatic rings. The van der Waals surface area contributed by atoms with Crippen LogP contribution in [0.25, 0.3) is 0 Å². The zero-order chi connectivity index (χ0) is 38.3. The van der Waals surface area contributed by atoms with Crippen LogP contribution < -0.4 is 21.3 Å². The van der Waals surface area contributed by atoms with Crippen molar-refractivity contribution in [1.29, 1.82) is 0 Å². The Kier molecular flexibility index (Phi) is 10.8. The summed E-state index contributed by atoms with van der Waals surface area (Å²) < 4.78 is 0. The van der Waals surface area contributed by atoms with E-state index in [0.29, 0.717) is 25.8 Å². The highest BCUT2D eigenvalue weighted by Gasteiger charge is 2.85. The molecule has 0 radical (unpaired) electrons. The van der Waals surface area contributed by atoms with E-state index in [1.807, 2.05) is 27.7 Å². The van der Waals surface area contributed by atoms with Gasteiger partial charge in [0.15, 0.2) is 0 Å². The second kappa shape index (κ2) is 14.7. The molecule has 290 valence electrons. The summed E-state index contributed by atoms with van der Waals surface area (Å²) in [6.45, 7) is 12.4. The smallest absolute Gasteiger partial charge is 0.289 e. The number of rotatable bonds is 13. The summed E-state index contributed by atoms with van der Waals surface area (Å²) in [6.07, 6.45) is 14.9. The van der Waals surface area contributed by atoms with Gasteiger partial charge in [0, 0.05) is 30.4 Å². The van der Waals surface area contributed by atoms with Crippen molar-refractivity contribution in [2.75, 3.05) is 6.54 Å². The molecule has 13 nitrogen and oxygen atoms in total. The van der Waals surface area contributed by atoms with Crippen LogP contribution in [0.2, 0.25) is 0 Å². The number of carbonyl (C=O) groups is 6. The minimum atomic E-state index is -1.02. The van der Waals surface area contributed by atoms with Crippen molar-refractivity contribution in [1.82, 2.24) is 36.1 Å². The van der Waals surface area contributed by atoms with Gasteiger partial charge in [-0.25, -0.2) is 4.98 Å². The molecular formula is C40H59N7O6. The lowest BCUT2D eigenvalue weighted by atomic mass is 9.73. The normalized spacial score (nSPS) is 26.2. The Bertz CT molecular complexity index is 1590. The van der Waals surface area contributed by atoms with Crippen molar-refractivity contribution in [3.05, 3.63) is 24.3 Å². The number of Topliss-reactive ketones (excluding diaryl/α,β-unsaturated/α-hetero) is 1. The standard InChI is InChI=1S/C40H59N7O6/c1-7-12-26(30(48)35(52)43-25-15-16-25)44-33(50)28-21-40(38(5,6)39(40)17-11-18-39)23-47(28)36(53)31(37(2,3)4)46-34(51)29(24-13-9-8-10-14-24)45-32(49)27-22-41-19-20-42-27/h19-20,22,24-26,28-29,31H,7-18,21,23H2,1-6H3,(H,43,52)(H,44,50)(H,45,49)(H,46,51)/t26?,28-,29-,31+,40?/m0/s1. The first-order valence-corrected chi connectivity index (χ1v) is 19.9. The summed E-state index contributed by atoms with van der Waals surface area (Å²) >= 11 is 0. The number of nitrogens with zero attached hydrogens (tertiary/aromatic N) is 3. The van der Waals surface area contributed by atoms with Gasteiger partial charge in [0.2, 0.25) is 23.5 Å². The van der Waals surface area contributed by atoms with E-state index in [-0.39, 0.29) is 39.8 Å². The molecule has 1 aliphatic heterocycles. The van der Waals surface area contributed by atoms with Gasteiger partial charge in [-0.15, -0.1) is 0 Å². The second-order valence-electron chi connectivity index (χ2n) is 18.0. The van der Waals surface area contributed by atoms with Crippen LogP contribution in [-0.2, 0) is 24.0 Å². The van der Waals surface area contributed by atoms with Crippen LogP contribution in [0, 0.1) is 27.6 Å². The van der Waals surface area contributed by atoms with Gasteiger partial charge in [0.1, 0.15) is 23.8 Å². The van der Waals surface area contributed by atoms with Crippen molar-refractivity contribution < 1.29 is 28.8 Å². The number of hydrogen-bond acceptors (Lipinski definition) is 8. The van der Waals surface area contributed by atoms with Crippen LogP contribution in [0.3, 0.4) is 0 Å². The lowest BCUT2D eigenvalue weighted by Gasteiger charge is -2.38. The summed E-state index contributed by atoms with van der Waals surface area (Å²) in [4.78, 5) is 92.9. The van der Waals surface area contributed by atoms with Gasteiger partial charge in [-0.1, -0.05) is 73.6 Å². The number of amides is 5. The topological polar surface area (TPSA) is 180 Å². The molecule has 4 N–H and O–H groups in total. The third-order valence-corrected chi connectivity index (χ3v) is 13.6. The zero-order valence-electron chi connectivity index (χ0n) is 32.4. The Hall–Kier alpha value is -3.90. The predicted octanol–water partition coefficient (Wildman–Crippen LogP) is 3.62. The summed E-state index contributed by atoms with van der Waals surface area (Å²) in [5.74, 6) is -3.25. The summed E-state index contributed by atoms with van der Waals surface area (Å²) in [5, 5.41) is 11.6. The lowest BCUT2D eigenvalue weighted by Crippen LogP contribution is -2.62. The van der Waals surface area contributed by atoms with Crippen LogP contribution in [0.15, 0.2) is 18.6 Å². The van der Waals surface area contributed by atoms with E-state index in [9.17, 15) is 24.0 Å². The maximum absolute atomic E-state index is 15.0. The first kappa shape index (κ1) is 38.8. The fourth-order valence-electron chi connectivity index (χ4n) is 10.1. The lowest BCUT2D eigenvalue weighted by molar-refractivity contribution is -0.145. The molecule has 5 aliphatic rings. The van der Waals surface area contributed by atoms with Crippen LogP contribution in [0.1, 0.15) is 136 Å². The number of carbonyl (C=O) groups excluding carboxylic acids is 6. The molecular weight excluding hydrogens is 674 g/mol. The van der Waals surface area contributed by atoms with Crippen LogP contribution >= 0.6 is 0 Å². The van der Waals surface area contributed by atoms with Gasteiger partial charge in [0.05, 0.1) is 12.2 Å². The average Bonchev–Trinajstić information content (AvgIpc) is 3.94. The predicted molar refractivity (Wildman–Crippen MR) is 197 cm³/mol. The second-order valence-corrected chi connectivity index (χ2v) is 18.0. The molecule has 5 atom stereocenters. The highest BCUT2D eigenvalue weighted by Crippen LogP contribution is 2.88. The highest BCUT2D eigenvalue weighted by molar-refractivity contribution is 6.38. The molecule has 2 unspecified atom stereocenters. The Morgan fingerprint density at radius 1 is 0.906 bits per heavy atom. The molecule has 0 aromatic carbocycles. The van der Waals surface area contributed by atoms with Crippen molar-refractivity contribution in [2.45, 2.75) is 155 Å².